The van der Waals surface area contributed by atoms with Gasteiger partial charge in [-0.05, 0) is 30.3 Å². The zero-order valence-corrected chi connectivity index (χ0v) is 17.7. The van der Waals surface area contributed by atoms with E-state index >= 15 is 0 Å². The standard InChI is InChI=1S/C21H24FN7O2/c1-27(2)19-17(13-23-21(25-19)29-8-10-31-11-9-29)24-20(30)18-12-16(26-28(18)3)14-4-6-15(22)7-5-14/h4-7,12-13H,8-11H2,1-3H3,(H,24,30). The molecule has 3 aromatic rings. The smallest absolute Gasteiger partial charge is 0.274 e. The number of nitrogens with zero attached hydrogens (tertiary/aromatic N) is 6. The summed E-state index contributed by atoms with van der Waals surface area (Å²) in [4.78, 5) is 25.9. The normalized spacial score (nSPS) is 13.9. The summed E-state index contributed by atoms with van der Waals surface area (Å²) in [5, 5.41) is 7.26. The molecule has 31 heavy (non-hydrogen) atoms. The number of rotatable bonds is 5. The average molecular weight is 425 g/mol. The van der Waals surface area contributed by atoms with Crippen molar-refractivity contribution in [3.63, 3.8) is 0 Å². The van der Waals surface area contributed by atoms with Crippen LogP contribution in [0.1, 0.15) is 10.5 Å². The van der Waals surface area contributed by atoms with Gasteiger partial charge >= 0.3 is 0 Å². The molecule has 10 heteroatoms. The Kier molecular flexibility index (Phi) is 5.81. The van der Waals surface area contributed by atoms with Crippen LogP contribution in [0.2, 0.25) is 0 Å². The van der Waals surface area contributed by atoms with Gasteiger partial charge in [-0.2, -0.15) is 10.1 Å². The summed E-state index contributed by atoms with van der Waals surface area (Å²) in [6.45, 7) is 2.71. The minimum Gasteiger partial charge on any atom is -0.378 e. The molecule has 9 nitrogen and oxygen atoms in total. The van der Waals surface area contributed by atoms with Crippen LogP contribution in [0, 0.1) is 5.82 Å². The van der Waals surface area contributed by atoms with Crippen molar-refractivity contribution in [1.29, 1.82) is 0 Å². The first-order valence-corrected chi connectivity index (χ1v) is 9.91. The van der Waals surface area contributed by atoms with Crippen LogP contribution in [-0.4, -0.2) is 66.1 Å². The first-order valence-electron chi connectivity index (χ1n) is 9.91. The summed E-state index contributed by atoms with van der Waals surface area (Å²) in [6, 6.07) is 7.64. The molecule has 0 unspecified atom stereocenters. The second-order valence-electron chi connectivity index (χ2n) is 7.40. The van der Waals surface area contributed by atoms with E-state index in [4.69, 9.17) is 4.74 Å². The summed E-state index contributed by atoms with van der Waals surface area (Å²) in [7, 11) is 5.41. The SMILES string of the molecule is CN(C)c1nc(N2CCOCC2)ncc1NC(=O)c1cc(-c2ccc(F)cc2)nn1C. The maximum Gasteiger partial charge on any atom is 0.274 e. The monoisotopic (exact) mass is 425 g/mol. The Morgan fingerprint density at radius 1 is 1.19 bits per heavy atom. The molecular weight excluding hydrogens is 401 g/mol. The fourth-order valence-corrected chi connectivity index (χ4v) is 3.34. The van der Waals surface area contributed by atoms with Crippen molar-refractivity contribution in [3.8, 4) is 11.3 Å². The molecule has 0 atom stereocenters. The molecule has 0 aliphatic carbocycles. The van der Waals surface area contributed by atoms with Gasteiger partial charge in [-0.15, -0.1) is 0 Å². The molecule has 0 saturated carbocycles. The molecule has 0 bridgehead atoms. The van der Waals surface area contributed by atoms with E-state index in [1.807, 2.05) is 19.0 Å². The van der Waals surface area contributed by atoms with Crippen molar-refractivity contribution in [3.05, 3.63) is 48.0 Å². The van der Waals surface area contributed by atoms with E-state index in [0.717, 1.165) is 18.7 Å². The Morgan fingerprint density at radius 2 is 1.90 bits per heavy atom. The third-order valence-electron chi connectivity index (χ3n) is 4.97. The number of hydrogen-bond donors (Lipinski definition) is 1. The van der Waals surface area contributed by atoms with Crippen molar-refractivity contribution in [2.45, 2.75) is 0 Å². The Morgan fingerprint density at radius 3 is 2.58 bits per heavy atom. The molecule has 0 spiro atoms. The van der Waals surface area contributed by atoms with Crippen molar-refractivity contribution < 1.29 is 13.9 Å². The molecule has 0 radical (unpaired) electrons. The van der Waals surface area contributed by atoms with Crippen LogP contribution in [0.3, 0.4) is 0 Å². The molecule has 2 aromatic heterocycles. The number of hydrogen-bond acceptors (Lipinski definition) is 7. The van der Waals surface area contributed by atoms with E-state index in [9.17, 15) is 9.18 Å². The maximum absolute atomic E-state index is 13.2. The lowest BCUT2D eigenvalue weighted by Gasteiger charge is -2.28. The van der Waals surface area contributed by atoms with Crippen LogP contribution in [0.15, 0.2) is 36.5 Å². The first kappa shape index (κ1) is 20.7. The van der Waals surface area contributed by atoms with Gasteiger partial charge in [0, 0.05) is 39.8 Å². The van der Waals surface area contributed by atoms with Crippen molar-refractivity contribution in [1.82, 2.24) is 19.7 Å². The third kappa shape index (κ3) is 4.48. The minimum atomic E-state index is -0.339. The van der Waals surface area contributed by atoms with E-state index in [1.165, 1.54) is 16.8 Å². The Hall–Kier alpha value is -3.53. The zero-order valence-electron chi connectivity index (χ0n) is 17.7. The second kappa shape index (κ2) is 8.68. The largest absolute Gasteiger partial charge is 0.378 e. The summed E-state index contributed by atoms with van der Waals surface area (Å²) in [6.07, 6.45) is 1.61. The molecule has 1 fully saturated rings. The molecule has 1 aromatic carbocycles. The van der Waals surface area contributed by atoms with Crippen LogP contribution < -0.4 is 15.1 Å². The average Bonchev–Trinajstić information content (AvgIpc) is 3.16. The van der Waals surface area contributed by atoms with Crippen LogP contribution >= 0.6 is 0 Å². The number of nitrogens with one attached hydrogen (secondary N) is 1. The van der Waals surface area contributed by atoms with Gasteiger partial charge in [0.2, 0.25) is 5.95 Å². The molecule has 3 heterocycles. The van der Waals surface area contributed by atoms with Crippen molar-refractivity contribution in [2.75, 3.05) is 55.5 Å². The summed E-state index contributed by atoms with van der Waals surface area (Å²) in [5.41, 5.74) is 2.17. The first-order chi connectivity index (χ1) is 14.9. The summed E-state index contributed by atoms with van der Waals surface area (Å²) < 4.78 is 20.1. The lowest BCUT2D eigenvalue weighted by molar-refractivity contribution is 0.101. The Labute approximate surface area is 179 Å². The number of carbonyl (C=O) groups is 1. The van der Waals surface area contributed by atoms with E-state index in [-0.39, 0.29) is 11.7 Å². The van der Waals surface area contributed by atoms with Gasteiger partial charge in [0.25, 0.3) is 5.91 Å². The van der Waals surface area contributed by atoms with Crippen LogP contribution in [0.5, 0.6) is 0 Å². The Balaban J connectivity index is 1.57. The number of halogens is 1. The van der Waals surface area contributed by atoms with E-state index in [1.54, 1.807) is 31.4 Å². The summed E-state index contributed by atoms with van der Waals surface area (Å²) in [5.74, 6) is 0.540. The van der Waals surface area contributed by atoms with E-state index < -0.39 is 0 Å². The summed E-state index contributed by atoms with van der Waals surface area (Å²) >= 11 is 0. The topological polar surface area (TPSA) is 88.4 Å². The predicted molar refractivity (Wildman–Crippen MR) is 116 cm³/mol. The number of morpholine rings is 1. The fourth-order valence-electron chi connectivity index (χ4n) is 3.34. The lowest BCUT2D eigenvalue weighted by atomic mass is 10.1. The molecule has 4 rings (SSSR count). The van der Waals surface area contributed by atoms with Crippen molar-refractivity contribution in [2.24, 2.45) is 7.05 Å². The predicted octanol–water partition coefficient (Wildman–Crippen LogP) is 2.17. The van der Waals surface area contributed by atoms with Gasteiger partial charge in [-0.1, -0.05) is 0 Å². The quantitative estimate of drug-likeness (QED) is 0.670. The van der Waals surface area contributed by atoms with Crippen molar-refractivity contribution >= 4 is 23.4 Å². The minimum absolute atomic E-state index is 0.325. The second-order valence-corrected chi connectivity index (χ2v) is 7.40. The van der Waals surface area contributed by atoms with Gasteiger partial charge in [-0.25, -0.2) is 9.37 Å². The lowest BCUT2D eigenvalue weighted by Crippen LogP contribution is -2.37. The zero-order chi connectivity index (χ0) is 22.0. The fraction of sp³-hybridized carbons (Fsp3) is 0.333. The van der Waals surface area contributed by atoms with Gasteiger partial charge in [0.1, 0.15) is 17.2 Å². The van der Waals surface area contributed by atoms with Crippen LogP contribution in [0.4, 0.5) is 21.8 Å². The number of anilines is 3. The van der Waals surface area contributed by atoms with Crippen LogP contribution in [-0.2, 0) is 11.8 Å². The molecular formula is C21H24FN7O2. The van der Waals surface area contributed by atoms with Gasteiger partial charge in [-0.3, -0.25) is 9.48 Å². The molecule has 1 aliphatic rings. The van der Waals surface area contributed by atoms with E-state index in [2.05, 4.69) is 25.3 Å². The highest BCUT2D eigenvalue weighted by molar-refractivity contribution is 6.05. The highest BCUT2D eigenvalue weighted by atomic mass is 19.1. The van der Waals surface area contributed by atoms with Gasteiger partial charge in [0.05, 0.1) is 25.1 Å². The highest BCUT2D eigenvalue weighted by Gasteiger charge is 2.20. The third-order valence-corrected chi connectivity index (χ3v) is 4.97. The number of benzene rings is 1. The molecule has 1 amide bonds. The van der Waals surface area contributed by atoms with Crippen LogP contribution in [0.25, 0.3) is 11.3 Å². The molecule has 1 saturated heterocycles. The molecule has 1 aliphatic heterocycles. The Bertz CT molecular complexity index is 1080. The number of amides is 1. The van der Waals surface area contributed by atoms with E-state index in [0.29, 0.717) is 42.1 Å². The van der Waals surface area contributed by atoms with Gasteiger partial charge < -0.3 is 19.9 Å². The highest BCUT2D eigenvalue weighted by Crippen LogP contribution is 2.25. The number of ether oxygens (including phenoxy) is 1. The number of aromatic nitrogens is 4. The number of carbonyl (C=O) groups excluding carboxylic acids is 1. The molecule has 162 valence electrons. The number of aryl methyl sites for hydroxylation is 1. The maximum atomic E-state index is 13.2. The molecule has 1 N–H and O–H groups in total. The van der Waals surface area contributed by atoms with Gasteiger partial charge in [0.15, 0.2) is 5.82 Å².